The largest absolute Gasteiger partial charge is 0.514 e. The van der Waals surface area contributed by atoms with Gasteiger partial charge in [-0.05, 0) is 61.6 Å². The van der Waals surface area contributed by atoms with Crippen molar-refractivity contribution in [1.29, 1.82) is 0 Å². The first-order valence-corrected chi connectivity index (χ1v) is 18.1. The zero-order valence-corrected chi connectivity index (χ0v) is 31.8. The molecule has 0 unspecified atom stereocenters. The summed E-state index contributed by atoms with van der Waals surface area (Å²) < 4.78 is 19.9. The number of non-ortho nitro benzene ring substituents is 1. The second-order valence-electron chi connectivity index (χ2n) is 12.5. The molecule has 5 amide bonds. The maximum atomic E-state index is 13.9. The third-order valence-corrected chi connectivity index (χ3v) is 7.96. The van der Waals surface area contributed by atoms with Gasteiger partial charge in [-0.1, -0.05) is 67.8 Å². The van der Waals surface area contributed by atoms with Crippen LogP contribution in [-0.4, -0.2) is 78.9 Å². The molecule has 0 saturated heterocycles. The number of ether oxygens (including phenoxy) is 4. The van der Waals surface area contributed by atoms with E-state index in [1.54, 1.807) is 54.6 Å². The number of anilines is 1. The summed E-state index contributed by atoms with van der Waals surface area (Å²) in [6.07, 6.45) is 1.29. The molecule has 308 valence electrons. The van der Waals surface area contributed by atoms with E-state index in [1.807, 2.05) is 0 Å². The second kappa shape index (κ2) is 24.3. The second-order valence-corrected chi connectivity index (χ2v) is 12.5. The molecule has 0 radical (unpaired) electrons. The van der Waals surface area contributed by atoms with Gasteiger partial charge in [-0.25, -0.2) is 14.4 Å². The number of unbranched alkanes of at least 4 members (excludes halogenated alkanes) is 1. The summed E-state index contributed by atoms with van der Waals surface area (Å²) >= 11 is 0. The van der Waals surface area contributed by atoms with Gasteiger partial charge in [-0.15, -0.1) is 0 Å². The number of nitro benzene ring substituents is 1. The first-order valence-electron chi connectivity index (χ1n) is 18.1. The Kier molecular flexibility index (Phi) is 18.9. The maximum Gasteiger partial charge on any atom is 0.514 e. The lowest BCUT2D eigenvalue weighted by molar-refractivity contribution is -0.384. The molecular formula is C40H46N6O12. The van der Waals surface area contributed by atoms with Crippen LogP contribution in [0.4, 0.5) is 25.8 Å². The molecule has 58 heavy (non-hydrogen) atoms. The fraction of sp³-hybridized carbons (Fsp3) is 0.300. The molecule has 0 heterocycles. The highest BCUT2D eigenvalue weighted by Gasteiger charge is 2.29. The molecule has 3 atom stereocenters. The van der Waals surface area contributed by atoms with E-state index in [0.29, 0.717) is 29.7 Å². The van der Waals surface area contributed by atoms with Crippen LogP contribution in [0.3, 0.4) is 0 Å². The summed E-state index contributed by atoms with van der Waals surface area (Å²) in [6.45, 7) is 8.39. The summed E-state index contributed by atoms with van der Waals surface area (Å²) in [5, 5.41) is 24.0. The number of amides is 5. The minimum absolute atomic E-state index is 0.0415. The van der Waals surface area contributed by atoms with Crippen LogP contribution in [0.2, 0.25) is 0 Å². The average molecular weight is 803 g/mol. The van der Waals surface area contributed by atoms with Gasteiger partial charge in [0.2, 0.25) is 17.7 Å². The monoisotopic (exact) mass is 802 g/mol. The minimum atomic E-state index is -1.16. The van der Waals surface area contributed by atoms with E-state index in [4.69, 9.17) is 18.9 Å². The van der Waals surface area contributed by atoms with Crippen molar-refractivity contribution in [2.75, 3.05) is 25.1 Å². The number of rotatable bonds is 22. The van der Waals surface area contributed by atoms with E-state index in [-0.39, 0.29) is 50.6 Å². The number of carbonyl (C=O) groups excluding carboxylic acids is 6. The molecule has 5 N–H and O–H groups in total. The zero-order chi connectivity index (χ0) is 42.3. The summed E-state index contributed by atoms with van der Waals surface area (Å²) in [5.41, 5.74) is 1.44. The van der Waals surface area contributed by atoms with E-state index >= 15 is 0 Å². The van der Waals surface area contributed by atoms with E-state index in [1.165, 1.54) is 43.3 Å². The summed E-state index contributed by atoms with van der Waals surface area (Å²) in [5.74, 6) is -1.87. The van der Waals surface area contributed by atoms with Crippen molar-refractivity contribution in [3.63, 3.8) is 0 Å². The lowest BCUT2D eigenvalue weighted by Crippen LogP contribution is -2.56. The first-order chi connectivity index (χ1) is 27.9. The van der Waals surface area contributed by atoms with Gasteiger partial charge in [0.1, 0.15) is 43.7 Å². The molecule has 0 aliphatic carbocycles. The molecule has 0 aromatic heterocycles. The third kappa shape index (κ3) is 16.6. The molecule has 0 fully saturated rings. The smallest absolute Gasteiger partial charge is 0.445 e. The van der Waals surface area contributed by atoms with E-state index in [2.05, 4.69) is 39.7 Å². The first kappa shape index (κ1) is 45.2. The summed E-state index contributed by atoms with van der Waals surface area (Å²) in [4.78, 5) is 86.9. The summed E-state index contributed by atoms with van der Waals surface area (Å²) in [7, 11) is 0. The molecule has 18 heteroatoms. The molecular weight excluding hydrogens is 756 g/mol. The van der Waals surface area contributed by atoms with Gasteiger partial charge < -0.3 is 45.5 Å². The fourth-order valence-electron chi connectivity index (χ4n) is 4.98. The maximum absolute atomic E-state index is 13.9. The Labute approximate surface area is 334 Å². The quantitative estimate of drug-likeness (QED) is 0.0174. The van der Waals surface area contributed by atoms with Crippen LogP contribution in [0.25, 0.3) is 0 Å². The van der Waals surface area contributed by atoms with E-state index in [9.17, 15) is 38.9 Å². The number of hydrogen-bond acceptors (Lipinski definition) is 12. The molecule has 18 nitrogen and oxygen atoms in total. The van der Waals surface area contributed by atoms with Gasteiger partial charge in [-0.2, -0.15) is 0 Å². The highest BCUT2D eigenvalue weighted by atomic mass is 16.7. The number of nitrogens with one attached hydrogen (secondary N) is 5. The van der Waals surface area contributed by atoms with Crippen molar-refractivity contribution in [3.8, 4) is 5.75 Å². The van der Waals surface area contributed by atoms with Crippen molar-refractivity contribution in [2.24, 2.45) is 0 Å². The minimum Gasteiger partial charge on any atom is -0.445 e. The number of carbonyl (C=O) groups is 6. The van der Waals surface area contributed by atoms with Crippen LogP contribution in [0.5, 0.6) is 5.75 Å². The molecule has 3 aromatic carbocycles. The SMILES string of the molecule is C=CCOC(=O)NCCCC[C@H](NC(=O)[C@H](Cc1ccccc1)NC(=O)[C@@H](C)NC(=O)OCC=C)C(=O)Nc1ccc(COC(=O)Oc2ccc([N+](=O)[O-])cc2)cc1. The highest BCUT2D eigenvalue weighted by molar-refractivity contribution is 5.98. The molecule has 3 rings (SSSR count). The number of nitro groups is 1. The molecule has 0 aliphatic heterocycles. The Morgan fingerprint density at radius 3 is 2.00 bits per heavy atom. The lowest BCUT2D eigenvalue weighted by atomic mass is 10.0. The van der Waals surface area contributed by atoms with Crippen LogP contribution in [0.1, 0.15) is 37.3 Å². The topological polar surface area (TPSA) is 243 Å². The van der Waals surface area contributed by atoms with Gasteiger partial charge in [0.15, 0.2) is 0 Å². The third-order valence-electron chi connectivity index (χ3n) is 7.96. The lowest BCUT2D eigenvalue weighted by Gasteiger charge is -2.25. The van der Waals surface area contributed by atoms with Crippen molar-refractivity contribution >= 4 is 47.4 Å². The predicted molar refractivity (Wildman–Crippen MR) is 211 cm³/mol. The van der Waals surface area contributed by atoms with Crippen molar-refractivity contribution in [3.05, 3.63) is 125 Å². The van der Waals surface area contributed by atoms with Crippen LogP contribution >= 0.6 is 0 Å². The number of benzene rings is 3. The average Bonchev–Trinajstić information content (AvgIpc) is 3.21. The molecule has 0 spiro atoms. The Morgan fingerprint density at radius 1 is 0.724 bits per heavy atom. The van der Waals surface area contributed by atoms with Gasteiger partial charge in [0.25, 0.3) is 5.69 Å². The van der Waals surface area contributed by atoms with Crippen LogP contribution < -0.4 is 31.3 Å². The van der Waals surface area contributed by atoms with Crippen molar-refractivity contribution in [1.82, 2.24) is 21.3 Å². The standard InChI is InChI=1S/C40H46N6O12/c1-4-23-55-38(50)41-22-10-9-13-33(44-37(49)34(25-28-11-7-6-8-12-28)45-35(47)27(3)42-39(51)56-24-5-2)36(48)43-30-16-14-29(15-17-30)26-57-40(52)58-32-20-18-31(19-21-32)46(53)54/h4-8,11-12,14-21,27,33-34H,1-2,9-10,13,22-26H2,3H3,(H,41,50)(H,42,51)(H,43,48)(H,44,49)(H,45,47)/t27-,33+,34+/m1/s1. The number of alkyl carbamates (subject to hydrolysis) is 2. The van der Waals surface area contributed by atoms with Crippen LogP contribution in [-0.2, 0) is 41.6 Å². The number of hydrogen-bond donors (Lipinski definition) is 5. The molecule has 3 aromatic rings. The normalized spacial score (nSPS) is 11.9. The van der Waals surface area contributed by atoms with Crippen LogP contribution in [0.15, 0.2) is 104 Å². The summed E-state index contributed by atoms with van der Waals surface area (Å²) in [6, 6.07) is 16.7. The Balaban J connectivity index is 1.69. The number of nitrogens with zero attached hydrogens (tertiary/aromatic N) is 1. The van der Waals surface area contributed by atoms with E-state index in [0.717, 1.165) is 0 Å². The van der Waals surface area contributed by atoms with Gasteiger partial charge >= 0.3 is 18.3 Å². The van der Waals surface area contributed by atoms with Crippen LogP contribution in [0, 0.1) is 10.1 Å². The van der Waals surface area contributed by atoms with Gasteiger partial charge in [0.05, 0.1) is 4.92 Å². The molecule has 0 aliphatic rings. The fourth-order valence-corrected chi connectivity index (χ4v) is 4.98. The molecule has 0 saturated carbocycles. The zero-order valence-electron chi connectivity index (χ0n) is 31.8. The highest BCUT2D eigenvalue weighted by Crippen LogP contribution is 2.18. The molecule has 0 bridgehead atoms. The Hall–Kier alpha value is -7.24. The Bertz CT molecular complexity index is 1870. The van der Waals surface area contributed by atoms with Crippen molar-refractivity contribution in [2.45, 2.75) is 57.3 Å². The van der Waals surface area contributed by atoms with Gasteiger partial charge in [-0.3, -0.25) is 24.5 Å². The van der Waals surface area contributed by atoms with Gasteiger partial charge in [0, 0.05) is 30.8 Å². The van der Waals surface area contributed by atoms with Crippen molar-refractivity contribution < 1.29 is 52.6 Å². The van der Waals surface area contributed by atoms with E-state index < -0.39 is 59.1 Å². The predicted octanol–water partition coefficient (Wildman–Crippen LogP) is 4.84. The Morgan fingerprint density at radius 2 is 1.36 bits per heavy atom.